The average molecular weight is 301 g/mol. The maximum atomic E-state index is 14.0. The van der Waals surface area contributed by atoms with Crippen LogP contribution < -0.4 is 10.1 Å². The van der Waals surface area contributed by atoms with Crippen LogP contribution >= 0.6 is 11.3 Å². The van der Waals surface area contributed by atoms with Gasteiger partial charge in [0.1, 0.15) is 0 Å². The topological polar surface area (TPSA) is 21.3 Å². The van der Waals surface area contributed by atoms with E-state index < -0.39 is 0 Å². The van der Waals surface area contributed by atoms with Crippen LogP contribution in [-0.4, -0.2) is 14.2 Å². The molecule has 0 aliphatic heterocycles. The van der Waals surface area contributed by atoms with Crippen LogP contribution in [0, 0.1) is 5.82 Å². The number of nitrogens with one attached hydrogen (secondary N) is 1. The maximum Gasteiger partial charge on any atom is 0.165 e. The summed E-state index contributed by atoms with van der Waals surface area (Å²) in [6.45, 7) is 0. The first-order valence-corrected chi connectivity index (χ1v) is 7.59. The van der Waals surface area contributed by atoms with Gasteiger partial charge in [0.2, 0.25) is 0 Å². The van der Waals surface area contributed by atoms with E-state index in [1.54, 1.807) is 17.4 Å². The summed E-state index contributed by atoms with van der Waals surface area (Å²) in [4.78, 5) is 0. The fourth-order valence-electron chi connectivity index (χ4n) is 2.61. The molecule has 1 N–H and O–H groups in total. The Morgan fingerprint density at radius 3 is 2.76 bits per heavy atom. The van der Waals surface area contributed by atoms with E-state index >= 15 is 0 Å². The summed E-state index contributed by atoms with van der Waals surface area (Å²) in [5, 5.41) is 6.57. The number of methoxy groups -OCH3 is 1. The van der Waals surface area contributed by atoms with Crippen molar-refractivity contribution in [2.75, 3.05) is 14.2 Å². The summed E-state index contributed by atoms with van der Waals surface area (Å²) in [5.41, 5.74) is 2.05. The van der Waals surface area contributed by atoms with E-state index in [-0.39, 0.29) is 17.6 Å². The van der Waals surface area contributed by atoms with Gasteiger partial charge in [-0.15, -0.1) is 11.3 Å². The SMILES string of the molecule is CNC(c1ccc(OC)c(F)c1)c1cccc2ccsc12. The second kappa shape index (κ2) is 5.84. The first kappa shape index (κ1) is 14.0. The van der Waals surface area contributed by atoms with Crippen LogP contribution in [0.15, 0.2) is 47.8 Å². The smallest absolute Gasteiger partial charge is 0.165 e. The standard InChI is InChI=1S/C17H16FNOS/c1-19-16(12-6-7-15(20-2)14(18)10-12)13-5-3-4-11-8-9-21-17(11)13/h3-10,16,19H,1-2H3. The van der Waals surface area contributed by atoms with Crippen LogP contribution in [0.2, 0.25) is 0 Å². The summed E-state index contributed by atoms with van der Waals surface area (Å²) >= 11 is 1.71. The minimum absolute atomic E-state index is 0.0484. The van der Waals surface area contributed by atoms with Crippen molar-refractivity contribution in [3.05, 3.63) is 64.8 Å². The Morgan fingerprint density at radius 1 is 1.19 bits per heavy atom. The van der Waals surface area contributed by atoms with Crippen molar-refractivity contribution >= 4 is 21.4 Å². The minimum atomic E-state index is -0.339. The second-order valence-corrected chi connectivity index (χ2v) is 5.72. The average Bonchev–Trinajstić information content (AvgIpc) is 2.97. The lowest BCUT2D eigenvalue weighted by molar-refractivity contribution is 0.386. The van der Waals surface area contributed by atoms with Gasteiger partial charge in [-0.3, -0.25) is 0 Å². The van der Waals surface area contributed by atoms with E-state index in [4.69, 9.17) is 4.74 Å². The molecule has 0 saturated heterocycles. The van der Waals surface area contributed by atoms with Gasteiger partial charge < -0.3 is 10.1 Å². The molecule has 0 amide bonds. The van der Waals surface area contributed by atoms with Gasteiger partial charge >= 0.3 is 0 Å². The molecule has 1 atom stereocenters. The number of ether oxygens (including phenoxy) is 1. The first-order chi connectivity index (χ1) is 10.2. The highest BCUT2D eigenvalue weighted by atomic mass is 32.1. The first-order valence-electron chi connectivity index (χ1n) is 6.71. The predicted octanol–water partition coefficient (Wildman–Crippen LogP) is 4.36. The quantitative estimate of drug-likeness (QED) is 0.773. The molecule has 21 heavy (non-hydrogen) atoms. The van der Waals surface area contributed by atoms with Gasteiger partial charge in [-0.05, 0) is 47.1 Å². The van der Waals surface area contributed by atoms with Crippen LogP contribution in [0.4, 0.5) is 4.39 Å². The molecule has 1 aromatic heterocycles. The fourth-order valence-corrected chi connectivity index (χ4v) is 3.55. The highest BCUT2D eigenvalue weighted by Crippen LogP contribution is 2.33. The third-order valence-electron chi connectivity index (χ3n) is 3.62. The largest absolute Gasteiger partial charge is 0.494 e. The van der Waals surface area contributed by atoms with Gasteiger partial charge in [-0.1, -0.05) is 24.3 Å². The van der Waals surface area contributed by atoms with E-state index in [1.165, 1.54) is 23.3 Å². The number of benzene rings is 2. The summed E-state index contributed by atoms with van der Waals surface area (Å²) in [6.07, 6.45) is 0. The van der Waals surface area contributed by atoms with Crippen molar-refractivity contribution in [2.24, 2.45) is 0 Å². The van der Waals surface area contributed by atoms with Gasteiger partial charge in [0, 0.05) is 4.70 Å². The summed E-state index contributed by atoms with van der Waals surface area (Å²) in [7, 11) is 3.36. The van der Waals surface area contributed by atoms with Crippen molar-refractivity contribution in [3.8, 4) is 5.75 Å². The highest BCUT2D eigenvalue weighted by molar-refractivity contribution is 7.17. The third kappa shape index (κ3) is 2.52. The highest BCUT2D eigenvalue weighted by Gasteiger charge is 2.17. The van der Waals surface area contributed by atoms with Crippen LogP contribution in [0.5, 0.6) is 5.75 Å². The summed E-state index contributed by atoms with van der Waals surface area (Å²) in [5.74, 6) is -0.0726. The van der Waals surface area contributed by atoms with Gasteiger partial charge in [0.05, 0.1) is 13.2 Å². The molecular formula is C17H16FNOS. The van der Waals surface area contributed by atoms with E-state index in [2.05, 4.69) is 28.9 Å². The zero-order valence-electron chi connectivity index (χ0n) is 11.9. The zero-order valence-corrected chi connectivity index (χ0v) is 12.7. The Balaban J connectivity index is 2.10. The van der Waals surface area contributed by atoms with Crippen LogP contribution in [0.25, 0.3) is 10.1 Å². The Hall–Kier alpha value is -1.91. The molecule has 2 aromatic carbocycles. The zero-order chi connectivity index (χ0) is 14.8. The molecule has 1 heterocycles. The van der Waals surface area contributed by atoms with Crippen molar-refractivity contribution in [2.45, 2.75) is 6.04 Å². The molecule has 0 bridgehead atoms. The molecule has 3 rings (SSSR count). The molecule has 0 aliphatic carbocycles. The van der Waals surface area contributed by atoms with Crippen LogP contribution in [-0.2, 0) is 0 Å². The Morgan fingerprint density at radius 2 is 2.05 bits per heavy atom. The molecule has 2 nitrogen and oxygen atoms in total. The number of thiophene rings is 1. The molecule has 4 heteroatoms. The lowest BCUT2D eigenvalue weighted by Crippen LogP contribution is -2.18. The normalized spacial score (nSPS) is 12.5. The minimum Gasteiger partial charge on any atom is -0.494 e. The fraction of sp³-hybridized carbons (Fsp3) is 0.176. The molecular weight excluding hydrogens is 285 g/mol. The second-order valence-electron chi connectivity index (χ2n) is 4.80. The van der Waals surface area contributed by atoms with E-state index in [0.717, 1.165) is 11.1 Å². The molecule has 108 valence electrons. The molecule has 0 spiro atoms. The van der Waals surface area contributed by atoms with Crippen molar-refractivity contribution in [3.63, 3.8) is 0 Å². The molecule has 0 fully saturated rings. The number of hydrogen-bond acceptors (Lipinski definition) is 3. The molecule has 3 aromatic rings. The molecule has 1 unspecified atom stereocenters. The van der Waals surface area contributed by atoms with Crippen LogP contribution in [0.1, 0.15) is 17.2 Å². The van der Waals surface area contributed by atoms with Gasteiger partial charge in [0.15, 0.2) is 11.6 Å². The van der Waals surface area contributed by atoms with E-state index in [0.29, 0.717) is 0 Å². The van der Waals surface area contributed by atoms with Gasteiger partial charge in [-0.25, -0.2) is 4.39 Å². The number of hydrogen-bond donors (Lipinski definition) is 1. The number of rotatable bonds is 4. The Bertz CT molecular complexity index is 768. The van der Waals surface area contributed by atoms with Gasteiger partial charge in [0.25, 0.3) is 0 Å². The van der Waals surface area contributed by atoms with Crippen LogP contribution in [0.3, 0.4) is 0 Å². The lowest BCUT2D eigenvalue weighted by Gasteiger charge is -2.18. The third-order valence-corrected chi connectivity index (χ3v) is 4.60. The summed E-state index contributed by atoms with van der Waals surface area (Å²) < 4.78 is 20.2. The molecule has 0 aliphatic rings. The van der Waals surface area contributed by atoms with Gasteiger partial charge in [-0.2, -0.15) is 0 Å². The van der Waals surface area contributed by atoms with Crippen molar-refractivity contribution in [1.29, 1.82) is 0 Å². The monoisotopic (exact) mass is 301 g/mol. The van der Waals surface area contributed by atoms with Crippen molar-refractivity contribution < 1.29 is 9.13 Å². The predicted molar refractivity (Wildman–Crippen MR) is 85.7 cm³/mol. The van der Waals surface area contributed by atoms with E-state index in [1.807, 2.05) is 19.2 Å². The number of fused-ring (bicyclic) bond motifs is 1. The van der Waals surface area contributed by atoms with E-state index in [9.17, 15) is 4.39 Å². The lowest BCUT2D eigenvalue weighted by atomic mass is 9.97. The molecule has 0 saturated carbocycles. The molecule has 0 radical (unpaired) electrons. The Labute approximate surface area is 127 Å². The summed E-state index contributed by atoms with van der Waals surface area (Å²) in [6, 6.07) is 13.4. The number of halogens is 1. The van der Waals surface area contributed by atoms with Crippen molar-refractivity contribution in [1.82, 2.24) is 5.32 Å². The maximum absolute atomic E-state index is 14.0. The Kier molecular flexibility index (Phi) is 3.90.